The second-order valence-electron chi connectivity index (χ2n) is 8.62. The Balaban J connectivity index is 0.000000351. The molecular weight excluding hydrogens is 457 g/mol. The number of halogens is 3. The largest absolute Gasteiger partial charge is 0.491 e. The smallest absolute Gasteiger partial charge is 0.419 e. The molecule has 0 bridgehead atoms. The van der Waals surface area contributed by atoms with Crippen molar-refractivity contribution in [3.8, 4) is 11.5 Å². The summed E-state index contributed by atoms with van der Waals surface area (Å²) >= 11 is 0. The van der Waals surface area contributed by atoms with Gasteiger partial charge in [0.05, 0.1) is 18.8 Å². The van der Waals surface area contributed by atoms with Gasteiger partial charge in [0.15, 0.2) is 0 Å². The number of benzene rings is 2. The second-order valence-corrected chi connectivity index (χ2v) is 8.62. The first-order valence-electron chi connectivity index (χ1n) is 12.2. The van der Waals surface area contributed by atoms with Crippen LogP contribution in [0.3, 0.4) is 0 Å². The van der Waals surface area contributed by atoms with Gasteiger partial charge >= 0.3 is 6.18 Å². The van der Waals surface area contributed by atoms with Crippen molar-refractivity contribution in [2.24, 2.45) is 0 Å². The summed E-state index contributed by atoms with van der Waals surface area (Å²) in [4.78, 5) is 0. The van der Waals surface area contributed by atoms with Crippen molar-refractivity contribution >= 4 is 0 Å². The minimum Gasteiger partial charge on any atom is -0.491 e. The minimum absolute atomic E-state index is 0.111. The fourth-order valence-electron chi connectivity index (χ4n) is 3.41. The van der Waals surface area contributed by atoms with E-state index in [4.69, 9.17) is 18.9 Å². The number of ether oxygens (including phenoxy) is 4. The highest BCUT2D eigenvalue weighted by atomic mass is 19.4. The van der Waals surface area contributed by atoms with E-state index >= 15 is 0 Å². The Hall–Kier alpha value is -2.25. The van der Waals surface area contributed by atoms with Crippen molar-refractivity contribution in [1.82, 2.24) is 0 Å². The Morgan fingerprint density at radius 3 is 1.57 bits per heavy atom. The standard InChI is InChI=1S/C16H26O2.C12H15F3O2/c1-6-17-10-11-18-16-14(12(2)3)8-7-9-15(16)13(4)5;1-3-16-7-8-17-11-9(2)5-4-6-10(11)12(13,14)15/h7-9,12-13H,6,10-11H2,1-5H3;4-6H,3,7-8H2,1-2H3. The maximum Gasteiger partial charge on any atom is 0.419 e. The fourth-order valence-corrected chi connectivity index (χ4v) is 3.41. The van der Waals surface area contributed by atoms with E-state index in [0.29, 0.717) is 37.2 Å². The Kier molecular flexibility index (Phi) is 13.8. The van der Waals surface area contributed by atoms with Crippen LogP contribution in [-0.4, -0.2) is 39.6 Å². The van der Waals surface area contributed by atoms with Gasteiger partial charge in [-0.05, 0) is 55.4 Å². The molecule has 0 N–H and O–H groups in total. The molecule has 0 radical (unpaired) electrons. The summed E-state index contributed by atoms with van der Waals surface area (Å²) in [5.74, 6) is 1.90. The van der Waals surface area contributed by atoms with Crippen LogP contribution in [0.5, 0.6) is 11.5 Å². The lowest BCUT2D eigenvalue weighted by molar-refractivity contribution is -0.139. The van der Waals surface area contributed by atoms with Gasteiger partial charge in [0.25, 0.3) is 0 Å². The minimum atomic E-state index is -4.40. The second kappa shape index (κ2) is 15.7. The molecule has 0 saturated heterocycles. The molecule has 2 aromatic rings. The Morgan fingerprint density at radius 2 is 1.14 bits per heavy atom. The van der Waals surface area contributed by atoms with Gasteiger partial charge in [-0.3, -0.25) is 0 Å². The van der Waals surface area contributed by atoms with Crippen LogP contribution < -0.4 is 9.47 Å². The molecule has 4 nitrogen and oxygen atoms in total. The lowest BCUT2D eigenvalue weighted by Crippen LogP contribution is -2.13. The Bertz CT molecular complexity index is 838. The molecule has 0 amide bonds. The van der Waals surface area contributed by atoms with Crippen LogP contribution in [0.25, 0.3) is 0 Å². The number of hydrogen-bond donors (Lipinski definition) is 0. The summed E-state index contributed by atoms with van der Waals surface area (Å²) < 4.78 is 59.5. The average molecular weight is 499 g/mol. The third kappa shape index (κ3) is 10.5. The maximum absolute atomic E-state index is 12.7. The van der Waals surface area contributed by atoms with Crippen molar-refractivity contribution in [1.29, 1.82) is 0 Å². The molecule has 198 valence electrons. The normalized spacial score (nSPS) is 11.4. The van der Waals surface area contributed by atoms with Crippen molar-refractivity contribution in [3.63, 3.8) is 0 Å². The van der Waals surface area contributed by atoms with Gasteiger partial charge in [-0.15, -0.1) is 0 Å². The van der Waals surface area contributed by atoms with Crippen molar-refractivity contribution in [3.05, 3.63) is 58.7 Å². The topological polar surface area (TPSA) is 36.9 Å². The summed E-state index contributed by atoms with van der Waals surface area (Å²) in [6.07, 6.45) is -4.40. The van der Waals surface area contributed by atoms with Crippen LogP contribution in [0.1, 0.15) is 75.6 Å². The highest BCUT2D eigenvalue weighted by Crippen LogP contribution is 2.38. The lowest BCUT2D eigenvalue weighted by Gasteiger charge is -2.19. The summed E-state index contributed by atoms with van der Waals surface area (Å²) in [6.45, 7) is 17.1. The first-order valence-corrected chi connectivity index (χ1v) is 12.2. The Labute approximate surface area is 208 Å². The summed E-state index contributed by atoms with van der Waals surface area (Å²) in [5.41, 5.74) is 2.31. The van der Waals surface area contributed by atoms with Crippen LogP contribution in [0, 0.1) is 6.92 Å². The lowest BCUT2D eigenvalue weighted by atomic mass is 9.94. The zero-order valence-corrected chi connectivity index (χ0v) is 22.1. The average Bonchev–Trinajstić information content (AvgIpc) is 2.79. The molecule has 0 heterocycles. The first-order chi connectivity index (χ1) is 16.5. The van der Waals surface area contributed by atoms with Gasteiger partial charge in [-0.2, -0.15) is 13.2 Å². The van der Waals surface area contributed by atoms with Gasteiger partial charge < -0.3 is 18.9 Å². The zero-order chi connectivity index (χ0) is 26.4. The molecule has 0 aliphatic heterocycles. The van der Waals surface area contributed by atoms with Crippen LogP contribution in [0.4, 0.5) is 13.2 Å². The third-order valence-corrected chi connectivity index (χ3v) is 5.19. The van der Waals surface area contributed by atoms with E-state index in [2.05, 4.69) is 45.9 Å². The van der Waals surface area contributed by atoms with E-state index in [9.17, 15) is 13.2 Å². The third-order valence-electron chi connectivity index (χ3n) is 5.19. The van der Waals surface area contributed by atoms with Crippen LogP contribution in [-0.2, 0) is 15.7 Å². The van der Waals surface area contributed by atoms with E-state index in [-0.39, 0.29) is 19.0 Å². The van der Waals surface area contributed by atoms with Crippen LogP contribution in [0.2, 0.25) is 0 Å². The molecule has 2 rings (SSSR count). The van der Waals surface area contributed by atoms with Crippen molar-refractivity contribution < 1.29 is 32.1 Å². The van der Waals surface area contributed by atoms with Gasteiger partial charge in [0.2, 0.25) is 0 Å². The van der Waals surface area contributed by atoms with Crippen LogP contribution >= 0.6 is 0 Å². The summed E-state index contributed by atoms with van der Waals surface area (Å²) in [7, 11) is 0. The van der Waals surface area contributed by atoms with Gasteiger partial charge in [0.1, 0.15) is 24.7 Å². The fraction of sp³-hybridized carbons (Fsp3) is 0.571. The summed E-state index contributed by atoms with van der Waals surface area (Å²) in [5, 5.41) is 0. The van der Waals surface area contributed by atoms with Crippen LogP contribution in [0.15, 0.2) is 36.4 Å². The highest BCUT2D eigenvalue weighted by Gasteiger charge is 2.34. The van der Waals surface area contributed by atoms with Gasteiger partial charge in [-0.1, -0.05) is 58.0 Å². The van der Waals surface area contributed by atoms with Gasteiger partial charge in [0, 0.05) is 13.2 Å². The van der Waals surface area contributed by atoms with Gasteiger partial charge in [-0.25, -0.2) is 0 Å². The van der Waals surface area contributed by atoms with Crippen molar-refractivity contribution in [2.45, 2.75) is 66.5 Å². The number of hydrogen-bond acceptors (Lipinski definition) is 4. The van der Waals surface area contributed by atoms with E-state index in [1.807, 2.05) is 13.8 Å². The molecule has 0 aliphatic carbocycles. The number of para-hydroxylation sites is 2. The molecule has 0 saturated carbocycles. The predicted octanol–water partition coefficient (Wildman–Crippen LogP) is 7.78. The molecule has 0 fully saturated rings. The molecule has 0 aromatic heterocycles. The number of alkyl halides is 3. The molecule has 0 aliphatic rings. The Morgan fingerprint density at radius 1 is 0.686 bits per heavy atom. The SMILES string of the molecule is CCOCCOc1c(C(C)C)cccc1C(C)C.CCOCCOc1c(C)cccc1C(F)(F)F. The molecule has 2 aromatic carbocycles. The van der Waals surface area contributed by atoms with E-state index < -0.39 is 11.7 Å². The molecule has 35 heavy (non-hydrogen) atoms. The quantitative estimate of drug-likeness (QED) is 0.280. The maximum atomic E-state index is 12.7. The number of aryl methyl sites for hydroxylation is 1. The highest BCUT2D eigenvalue weighted by molar-refractivity contribution is 5.45. The molecule has 0 atom stereocenters. The monoisotopic (exact) mass is 498 g/mol. The molecular formula is C28H41F3O4. The first kappa shape index (κ1) is 30.8. The molecule has 0 spiro atoms. The molecule has 0 unspecified atom stereocenters. The van der Waals surface area contributed by atoms with E-state index in [0.717, 1.165) is 18.4 Å². The van der Waals surface area contributed by atoms with E-state index in [1.165, 1.54) is 17.2 Å². The van der Waals surface area contributed by atoms with E-state index in [1.54, 1.807) is 13.0 Å². The number of rotatable bonds is 12. The zero-order valence-electron chi connectivity index (χ0n) is 22.1. The summed E-state index contributed by atoms with van der Waals surface area (Å²) in [6, 6.07) is 10.4. The van der Waals surface area contributed by atoms with Crippen molar-refractivity contribution in [2.75, 3.05) is 39.6 Å². The predicted molar refractivity (Wildman–Crippen MR) is 135 cm³/mol. The molecule has 7 heteroatoms.